The van der Waals surface area contributed by atoms with E-state index in [0.717, 1.165) is 19.3 Å². The summed E-state index contributed by atoms with van der Waals surface area (Å²) in [6.07, 6.45) is 21.8. The molecule has 1 aromatic carbocycles. The zero-order chi connectivity index (χ0) is 22.6. The van der Waals surface area contributed by atoms with Gasteiger partial charge in [0.15, 0.2) is 5.78 Å². The van der Waals surface area contributed by atoms with Gasteiger partial charge in [-0.05, 0) is 25.0 Å². The topological polar surface area (TPSA) is 46.5 Å². The summed E-state index contributed by atoms with van der Waals surface area (Å²) in [4.78, 5) is 12.4. The minimum Gasteiger partial charge on any atom is -0.507 e. The summed E-state index contributed by atoms with van der Waals surface area (Å²) in [6.45, 7) is 5.16. The molecule has 0 unspecified atom stereocenters. The van der Waals surface area contributed by atoms with Gasteiger partial charge >= 0.3 is 0 Å². The lowest BCUT2D eigenvalue weighted by Crippen LogP contribution is -2.01. The van der Waals surface area contributed by atoms with Crippen molar-refractivity contribution in [1.82, 2.24) is 0 Å². The van der Waals surface area contributed by atoms with Gasteiger partial charge in [0.25, 0.3) is 0 Å². The second-order valence-corrected chi connectivity index (χ2v) is 9.00. The Labute approximate surface area is 192 Å². The van der Waals surface area contributed by atoms with Gasteiger partial charge in [-0.2, -0.15) is 0 Å². The predicted octanol–water partition coefficient (Wildman–Crippen LogP) is 9.02. The van der Waals surface area contributed by atoms with Crippen LogP contribution in [0.4, 0.5) is 0 Å². The average molecular weight is 433 g/mol. The maximum atomic E-state index is 12.4. The Bertz CT molecular complexity index is 567. The number of Topliss-reactive ketones (excluding diaryl/α,β-unsaturated/α-hetero) is 1. The number of unbranched alkanes of at least 4 members (excludes halogenated alkanes) is 15. The van der Waals surface area contributed by atoms with E-state index in [9.17, 15) is 9.90 Å². The first kappa shape index (κ1) is 27.5. The average Bonchev–Trinajstić information content (AvgIpc) is 2.76. The van der Waals surface area contributed by atoms with Crippen LogP contribution < -0.4 is 4.74 Å². The van der Waals surface area contributed by atoms with Crippen LogP contribution in [0, 0.1) is 0 Å². The second kappa shape index (κ2) is 19.2. The molecule has 178 valence electrons. The van der Waals surface area contributed by atoms with Crippen molar-refractivity contribution in [3.63, 3.8) is 0 Å². The van der Waals surface area contributed by atoms with Crippen molar-refractivity contribution in [2.75, 3.05) is 6.61 Å². The quantitative estimate of drug-likeness (QED) is 0.156. The number of ketones is 1. The number of carbonyl (C=O) groups is 1. The number of rotatable bonds is 21. The van der Waals surface area contributed by atoms with E-state index in [2.05, 4.69) is 13.8 Å². The van der Waals surface area contributed by atoms with Crippen LogP contribution in [0.25, 0.3) is 0 Å². The maximum Gasteiger partial charge on any atom is 0.166 e. The van der Waals surface area contributed by atoms with Crippen LogP contribution in [0.1, 0.15) is 140 Å². The van der Waals surface area contributed by atoms with E-state index in [1.165, 1.54) is 89.9 Å². The second-order valence-electron chi connectivity index (χ2n) is 9.00. The predicted molar refractivity (Wildman–Crippen MR) is 132 cm³/mol. The first-order chi connectivity index (χ1) is 15.2. The van der Waals surface area contributed by atoms with E-state index in [4.69, 9.17) is 4.74 Å². The lowest BCUT2D eigenvalue weighted by atomic mass is 10.0. The van der Waals surface area contributed by atoms with Gasteiger partial charge in [0.05, 0.1) is 12.2 Å². The van der Waals surface area contributed by atoms with Gasteiger partial charge in [0.1, 0.15) is 11.5 Å². The number of benzene rings is 1. The fourth-order valence-electron chi connectivity index (χ4n) is 3.99. The highest BCUT2D eigenvalue weighted by molar-refractivity contribution is 5.98. The van der Waals surface area contributed by atoms with E-state index in [0.29, 0.717) is 24.3 Å². The molecule has 0 amide bonds. The largest absolute Gasteiger partial charge is 0.507 e. The van der Waals surface area contributed by atoms with E-state index >= 15 is 0 Å². The van der Waals surface area contributed by atoms with E-state index in [1.54, 1.807) is 12.1 Å². The molecule has 0 radical (unpaired) electrons. The highest BCUT2D eigenvalue weighted by Gasteiger charge is 2.12. The number of hydrogen-bond donors (Lipinski definition) is 1. The Morgan fingerprint density at radius 1 is 0.710 bits per heavy atom. The SMILES string of the molecule is CCCCCCCCCCCC(=O)c1ccc(OCCCCCCCCCC)cc1O. The lowest BCUT2D eigenvalue weighted by Gasteiger charge is -2.09. The number of hydrogen-bond acceptors (Lipinski definition) is 3. The van der Waals surface area contributed by atoms with Gasteiger partial charge in [-0.25, -0.2) is 0 Å². The van der Waals surface area contributed by atoms with E-state index in [1.807, 2.05) is 6.07 Å². The Kier molecular flexibility index (Phi) is 17.0. The number of carbonyl (C=O) groups excluding carboxylic acids is 1. The molecule has 0 bridgehead atoms. The molecular weight excluding hydrogens is 384 g/mol. The molecule has 0 fully saturated rings. The molecule has 3 heteroatoms. The molecule has 0 aliphatic carbocycles. The van der Waals surface area contributed by atoms with Crippen molar-refractivity contribution in [1.29, 1.82) is 0 Å². The van der Waals surface area contributed by atoms with Crippen molar-refractivity contribution < 1.29 is 14.6 Å². The molecular formula is C28H48O3. The zero-order valence-corrected chi connectivity index (χ0v) is 20.4. The smallest absolute Gasteiger partial charge is 0.166 e. The lowest BCUT2D eigenvalue weighted by molar-refractivity contribution is 0.0976. The van der Waals surface area contributed by atoms with Crippen molar-refractivity contribution in [3.05, 3.63) is 23.8 Å². The molecule has 0 spiro atoms. The molecule has 1 N–H and O–H groups in total. The molecule has 0 aliphatic rings. The van der Waals surface area contributed by atoms with Crippen LogP contribution in [-0.4, -0.2) is 17.5 Å². The molecule has 1 rings (SSSR count). The molecule has 0 heterocycles. The van der Waals surface area contributed by atoms with Gasteiger partial charge in [-0.15, -0.1) is 0 Å². The molecule has 3 nitrogen and oxygen atoms in total. The zero-order valence-electron chi connectivity index (χ0n) is 20.4. The Balaban J connectivity index is 2.13. The Morgan fingerprint density at radius 2 is 1.19 bits per heavy atom. The minimum atomic E-state index is 0.0371. The maximum absolute atomic E-state index is 12.4. The van der Waals surface area contributed by atoms with Crippen LogP contribution in [0.5, 0.6) is 11.5 Å². The van der Waals surface area contributed by atoms with Gasteiger partial charge in [-0.3, -0.25) is 4.79 Å². The van der Waals surface area contributed by atoms with Crippen LogP contribution in [0.15, 0.2) is 18.2 Å². The fourth-order valence-corrected chi connectivity index (χ4v) is 3.99. The van der Waals surface area contributed by atoms with Gasteiger partial charge in [-0.1, -0.05) is 110 Å². The molecule has 0 aromatic heterocycles. The third-order valence-corrected chi connectivity index (χ3v) is 6.04. The highest BCUT2D eigenvalue weighted by Crippen LogP contribution is 2.26. The van der Waals surface area contributed by atoms with Crippen molar-refractivity contribution in [3.8, 4) is 11.5 Å². The first-order valence-corrected chi connectivity index (χ1v) is 13.2. The van der Waals surface area contributed by atoms with Gasteiger partial charge in [0.2, 0.25) is 0 Å². The highest BCUT2D eigenvalue weighted by atomic mass is 16.5. The minimum absolute atomic E-state index is 0.0371. The van der Waals surface area contributed by atoms with E-state index < -0.39 is 0 Å². The van der Waals surface area contributed by atoms with Crippen LogP contribution in [-0.2, 0) is 0 Å². The summed E-state index contributed by atoms with van der Waals surface area (Å²) in [5.41, 5.74) is 0.430. The third kappa shape index (κ3) is 14.2. The van der Waals surface area contributed by atoms with Crippen LogP contribution >= 0.6 is 0 Å². The summed E-state index contributed by atoms with van der Waals surface area (Å²) in [7, 11) is 0. The summed E-state index contributed by atoms with van der Waals surface area (Å²) in [5.74, 6) is 0.740. The van der Waals surface area contributed by atoms with Gasteiger partial charge in [0, 0.05) is 12.5 Å². The van der Waals surface area contributed by atoms with Gasteiger partial charge < -0.3 is 9.84 Å². The van der Waals surface area contributed by atoms with Crippen LogP contribution in [0.2, 0.25) is 0 Å². The molecule has 0 saturated heterocycles. The third-order valence-electron chi connectivity index (χ3n) is 6.04. The molecule has 0 saturated carbocycles. The number of aromatic hydroxyl groups is 1. The standard InChI is InChI=1S/C28H48O3/c1-3-5-7-9-11-13-14-16-18-20-27(29)26-22-21-25(24-28(26)30)31-23-19-17-15-12-10-8-6-4-2/h21-22,24,30H,3-20,23H2,1-2H3. The Morgan fingerprint density at radius 3 is 1.71 bits per heavy atom. The molecule has 0 aliphatic heterocycles. The molecule has 0 atom stereocenters. The molecule has 31 heavy (non-hydrogen) atoms. The van der Waals surface area contributed by atoms with E-state index in [-0.39, 0.29) is 11.5 Å². The van der Waals surface area contributed by atoms with Crippen molar-refractivity contribution >= 4 is 5.78 Å². The number of phenolic OH excluding ortho intramolecular Hbond substituents is 1. The number of phenols is 1. The summed E-state index contributed by atoms with van der Waals surface area (Å²) in [6, 6.07) is 5.12. The van der Waals surface area contributed by atoms with Crippen molar-refractivity contribution in [2.24, 2.45) is 0 Å². The first-order valence-electron chi connectivity index (χ1n) is 13.2. The summed E-state index contributed by atoms with van der Waals surface area (Å²) >= 11 is 0. The summed E-state index contributed by atoms with van der Waals surface area (Å²) in [5, 5.41) is 10.2. The normalized spacial score (nSPS) is 11.0. The molecule has 1 aromatic rings. The van der Waals surface area contributed by atoms with Crippen molar-refractivity contribution in [2.45, 2.75) is 129 Å². The fraction of sp³-hybridized carbons (Fsp3) is 0.750. The number of ether oxygens (including phenoxy) is 1. The summed E-state index contributed by atoms with van der Waals surface area (Å²) < 4.78 is 5.76. The Hall–Kier alpha value is -1.51. The van der Waals surface area contributed by atoms with Crippen LogP contribution in [0.3, 0.4) is 0 Å². The monoisotopic (exact) mass is 432 g/mol.